The molecule has 2 heterocycles. The van der Waals surface area contributed by atoms with Gasteiger partial charge in [-0.3, -0.25) is 9.59 Å². The molecule has 0 radical (unpaired) electrons. The van der Waals surface area contributed by atoms with Crippen LogP contribution in [0.15, 0.2) is 115 Å². The average molecular weight is 621 g/mol. The highest BCUT2D eigenvalue weighted by Gasteiger charge is 2.43. The molecule has 0 atom stereocenters. The molecule has 0 bridgehead atoms. The molecule has 3 aromatic carbocycles. The minimum atomic E-state index is -0.218. The summed E-state index contributed by atoms with van der Waals surface area (Å²) in [6.07, 6.45) is 3.96. The van der Waals surface area contributed by atoms with Crippen molar-refractivity contribution >= 4 is 57.6 Å². The number of thioether (sulfide) groups is 2. The van der Waals surface area contributed by atoms with Crippen LogP contribution in [0.3, 0.4) is 0 Å². The first-order chi connectivity index (χ1) is 21.4. The summed E-state index contributed by atoms with van der Waals surface area (Å²) >= 11 is 3.02. The van der Waals surface area contributed by atoms with Crippen LogP contribution >= 0.6 is 23.5 Å². The van der Waals surface area contributed by atoms with E-state index in [4.69, 9.17) is 0 Å². The van der Waals surface area contributed by atoms with Gasteiger partial charge in [0.25, 0.3) is 0 Å². The Bertz CT molecular complexity index is 1740. The Morgan fingerprint density at radius 3 is 1.43 bits per heavy atom. The molecule has 0 unspecified atom stereocenters. The molecule has 0 spiro atoms. The summed E-state index contributed by atoms with van der Waals surface area (Å²) in [5.74, 6) is -0.499. The first-order valence-electron chi connectivity index (χ1n) is 15.1. The van der Waals surface area contributed by atoms with Crippen LogP contribution in [0, 0.1) is 0 Å². The molecular formula is C36H32N2O4S2. The van der Waals surface area contributed by atoms with Crippen molar-refractivity contribution in [1.29, 1.82) is 0 Å². The minimum absolute atomic E-state index is 0.0309. The summed E-state index contributed by atoms with van der Waals surface area (Å²) in [5, 5.41) is 24.1. The summed E-state index contributed by atoms with van der Waals surface area (Å²) in [5.41, 5.74) is 4.30. The predicted octanol–water partition coefficient (Wildman–Crippen LogP) is 8.64. The van der Waals surface area contributed by atoms with E-state index in [0.717, 1.165) is 70.0 Å². The molecule has 2 N–H and O–H groups in total. The fourth-order valence-electron chi connectivity index (χ4n) is 6.09. The van der Waals surface area contributed by atoms with Gasteiger partial charge in [-0.1, -0.05) is 92.7 Å². The third-order valence-corrected chi connectivity index (χ3v) is 10.8. The molecule has 2 aliphatic heterocycles. The zero-order chi connectivity index (χ0) is 30.5. The van der Waals surface area contributed by atoms with Gasteiger partial charge in [0, 0.05) is 22.9 Å². The fraction of sp³-hybridized carbons (Fsp3) is 0.222. The second-order valence-corrected chi connectivity index (χ2v) is 13.3. The molecule has 222 valence electrons. The molecule has 0 saturated carbocycles. The largest absolute Gasteiger partial charge is 0.506 e. The molecule has 7 rings (SSSR count). The lowest BCUT2D eigenvalue weighted by Gasteiger charge is -2.29. The molecule has 0 saturated heterocycles. The Hall–Kier alpha value is -4.14. The number of anilines is 2. The number of benzene rings is 3. The summed E-state index contributed by atoms with van der Waals surface area (Å²) in [7, 11) is 0. The van der Waals surface area contributed by atoms with Crippen molar-refractivity contribution in [2.24, 2.45) is 0 Å². The number of para-hydroxylation sites is 2. The molecule has 6 nitrogen and oxygen atoms in total. The van der Waals surface area contributed by atoms with Gasteiger partial charge in [-0.05, 0) is 54.3 Å². The standard InChI is InChI=1S/C36H32N2O4S2/c1-3-5-18-37-23-14-7-9-16-25(23)43-35(37)29-31(39)27(32(29)40)21-12-11-13-22(20-21)28-33(41)30(34(28)42)36-38(19-6-4-2)24-15-8-10-17-26(24)44-36/h7-17,20,39,41H,3-6,18-19H2,1-2H3. The average Bonchev–Trinajstić information content (AvgIpc) is 3.56. The maximum Gasteiger partial charge on any atom is 0.203 e. The number of ketones is 2. The number of fused-ring (bicyclic) bond motifs is 2. The van der Waals surface area contributed by atoms with Crippen molar-refractivity contribution in [2.75, 3.05) is 22.9 Å². The number of aliphatic hydroxyl groups is 2. The van der Waals surface area contributed by atoms with Crippen LogP contribution in [-0.2, 0) is 9.59 Å². The normalized spacial score (nSPS) is 20.8. The third kappa shape index (κ3) is 4.42. The highest BCUT2D eigenvalue weighted by Crippen LogP contribution is 2.53. The number of hydrogen-bond acceptors (Lipinski definition) is 8. The fourth-order valence-corrected chi connectivity index (χ4v) is 8.54. The number of unbranched alkanes of at least 4 members (excludes halogenated alkanes) is 2. The number of rotatable bonds is 8. The van der Waals surface area contributed by atoms with Gasteiger partial charge in [0.15, 0.2) is 0 Å². The molecule has 0 aromatic heterocycles. The lowest BCUT2D eigenvalue weighted by Crippen LogP contribution is -2.29. The van der Waals surface area contributed by atoms with Crippen LogP contribution in [-0.4, -0.2) is 34.9 Å². The number of aliphatic hydroxyl groups excluding tert-OH is 2. The molecule has 4 aliphatic rings. The van der Waals surface area contributed by atoms with Crippen molar-refractivity contribution in [3.63, 3.8) is 0 Å². The summed E-state index contributed by atoms with van der Waals surface area (Å²) in [6.45, 7) is 5.79. The van der Waals surface area contributed by atoms with Crippen molar-refractivity contribution in [3.8, 4) is 0 Å². The van der Waals surface area contributed by atoms with Crippen LogP contribution in [0.4, 0.5) is 11.4 Å². The Morgan fingerprint density at radius 2 is 1.02 bits per heavy atom. The second kappa shape index (κ2) is 11.4. The SMILES string of the molecule is CCCCN1C(=C2C(=O)C(c3cccc(C4=C(O)C(=C5Sc6ccccc6N5CCCC)C4=O)c3)=C2O)Sc2ccccc21. The van der Waals surface area contributed by atoms with Crippen molar-refractivity contribution < 1.29 is 19.8 Å². The van der Waals surface area contributed by atoms with Crippen LogP contribution < -0.4 is 9.80 Å². The maximum absolute atomic E-state index is 13.6. The highest BCUT2D eigenvalue weighted by molar-refractivity contribution is 8.04. The van der Waals surface area contributed by atoms with Crippen LogP contribution in [0.2, 0.25) is 0 Å². The monoisotopic (exact) mass is 620 g/mol. The lowest BCUT2D eigenvalue weighted by atomic mass is 9.80. The number of carbonyl (C=O) groups is 2. The van der Waals surface area contributed by atoms with Gasteiger partial charge >= 0.3 is 0 Å². The maximum atomic E-state index is 13.6. The number of nitrogens with zero attached hydrogens (tertiary/aromatic N) is 2. The van der Waals surface area contributed by atoms with Crippen molar-refractivity contribution in [3.05, 3.63) is 117 Å². The van der Waals surface area contributed by atoms with E-state index in [-0.39, 0.29) is 34.2 Å². The van der Waals surface area contributed by atoms with E-state index in [2.05, 4.69) is 23.6 Å². The number of carbonyl (C=O) groups excluding carboxylic acids is 2. The zero-order valence-electron chi connectivity index (χ0n) is 24.6. The van der Waals surface area contributed by atoms with E-state index < -0.39 is 0 Å². The second-order valence-electron chi connectivity index (χ2n) is 11.2. The summed E-state index contributed by atoms with van der Waals surface area (Å²) in [6, 6.07) is 23.1. The predicted molar refractivity (Wildman–Crippen MR) is 179 cm³/mol. The smallest absolute Gasteiger partial charge is 0.203 e. The first kappa shape index (κ1) is 28.6. The number of allylic oxidation sites excluding steroid dienone is 4. The topological polar surface area (TPSA) is 81.1 Å². The zero-order valence-corrected chi connectivity index (χ0v) is 26.2. The van der Waals surface area contributed by atoms with Crippen molar-refractivity contribution in [2.45, 2.75) is 49.3 Å². The van der Waals surface area contributed by atoms with E-state index in [0.29, 0.717) is 22.3 Å². The van der Waals surface area contributed by atoms with Crippen molar-refractivity contribution in [1.82, 2.24) is 0 Å². The summed E-state index contributed by atoms with van der Waals surface area (Å²) in [4.78, 5) is 33.6. The quantitative estimate of drug-likeness (QED) is 0.242. The first-order valence-corrected chi connectivity index (χ1v) is 16.7. The molecule has 44 heavy (non-hydrogen) atoms. The van der Waals surface area contributed by atoms with Gasteiger partial charge in [0.2, 0.25) is 11.6 Å². The van der Waals surface area contributed by atoms with Gasteiger partial charge in [-0.25, -0.2) is 0 Å². The van der Waals surface area contributed by atoms with E-state index in [1.807, 2.05) is 48.5 Å². The van der Waals surface area contributed by atoms with Crippen LogP contribution in [0.1, 0.15) is 50.7 Å². The molecule has 2 aliphatic carbocycles. The molecule has 0 fully saturated rings. The Morgan fingerprint density at radius 1 is 0.591 bits per heavy atom. The van der Waals surface area contributed by atoms with E-state index >= 15 is 0 Å². The molecular weight excluding hydrogens is 589 g/mol. The lowest BCUT2D eigenvalue weighted by molar-refractivity contribution is -0.112. The van der Waals surface area contributed by atoms with Gasteiger partial charge in [-0.15, -0.1) is 0 Å². The minimum Gasteiger partial charge on any atom is -0.506 e. The van der Waals surface area contributed by atoms with Crippen LogP contribution in [0.25, 0.3) is 11.1 Å². The Kier molecular flexibility index (Phi) is 7.42. The Balaban J connectivity index is 1.23. The van der Waals surface area contributed by atoms with Gasteiger partial charge in [0.05, 0.1) is 43.7 Å². The van der Waals surface area contributed by atoms with Crippen LogP contribution in [0.5, 0.6) is 0 Å². The summed E-state index contributed by atoms with van der Waals surface area (Å²) < 4.78 is 0. The third-order valence-electron chi connectivity index (χ3n) is 8.41. The van der Waals surface area contributed by atoms with Gasteiger partial charge in [0.1, 0.15) is 11.5 Å². The molecule has 3 aromatic rings. The van der Waals surface area contributed by atoms with Gasteiger partial charge in [-0.2, -0.15) is 0 Å². The van der Waals surface area contributed by atoms with Gasteiger partial charge < -0.3 is 20.0 Å². The highest BCUT2D eigenvalue weighted by atomic mass is 32.2. The Labute approximate surface area is 265 Å². The van der Waals surface area contributed by atoms with E-state index in [1.165, 1.54) is 23.5 Å². The van der Waals surface area contributed by atoms with E-state index in [9.17, 15) is 19.8 Å². The van der Waals surface area contributed by atoms with E-state index in [1.54, 1.807) is 24.3 Å². The molecule has 0 amide bonds. The molecule has 8 heteroatoms. The number of hydrogen-bond donors (Lipinski definition) is 2. The number of Topliss-reactive ketones (excluding diaryl/α,β-unsaturated/α-hetero) is 2.